The van der Waals surface area contributed by atoms with Gasteiger partial charge in [0.15, 0.2) is 0 Å². The Bertz CT molecular complexity index is 391. The van der Waals surface area contributed by atoms with Crippen molar-refractivity contribution in [3.63, 3.8) is 0 Å². The molecule has 0 radical (unpaired) electrons. The van der Waals surface area contributed by atoms with Crippen LogP contribution < -0.4 is 5.32 Å². The van der Waals surface area contributed by atoms with Gasteiger partial charge < -0.3 is 0 Å². The first-order valence-electron chi connectivity index (χ1n) is 4.62. The summed E-state index contributed by atoms with van der Waals surface area (Å²) in [6.07, 6.45) is 6.24. The Morgan fingerprint density at radius 2 is 2.19 bits per heavy atom. The fourth-order valence-corrected chi connectivity index (χ4v) is 4.33. The van der Waals surface area contributed by atoms with Gasteiger partial charge in [-0.25, -0.2) is 0 Å². The van der Waals surface area contributed by atoms with E-state index in [2.05, 4.69) is 9.19 Å². The number of rotatable bonds is 3. The molecule has 1 aliphatic rings. The molecule has 3 atom stereocenters. The number of amides is 1. The Balaban J connectivity index is 3.06. The number of carbonyl (C=O) groups excluding carboxylic acids is 1. The molecule has 3 unspecified atom stereocenters. The SMILES string of the molecule is CC(=O)NC1(C)C=CC=CC1[As](=O)(O)OO. The van der Waals surface area contributed by atoms with Gasteiger partial charge in [0.1, 0.15) is 0 Å². The molecule has 0 aromatic heterocycles. The van der Waals surface area contributed by atoms with E-state index in [-0.39, 0.29) is 5.91 Å². The van der Waals surface area contributed by atoms with Gasteiger partial charge in [0.2, 0.25) is 0 Å². The summed E-state index contributed by atoms with van der Waals surface area (Å²) < 4.78 is 23.9. The second-order valence-electron chi connectivity index (χ2n) is 3.80. The van der Waals surface area contributed by atoms with Gasteiger partial charge in [0, 0.05) is 0 Å². The number of hydrogen-bond acceptors (Lipinski definition) is 4. The van der Waals surface area contributed by atoms with Crippen molar-refractivity contribution in [1.29, 1.82) is 0 Å². The van der Waals surface area contributed by atoms with Crippen LogP contribution in [0.2, 0.25) is 4.71 Å². The first-order valence-corrected chi connectivity index (χ1v) is 8.08. The third kappa shape index (κ3) is 2.65. The standard InChI is InChI=1S/C9H14AsNO5/c1-7(12)11-9(2)6-4-3-5-8(9)10(13,14)16-15/h3-6,8,15H,1-2H3,(H,11,12)(H,13,14). The Labute approximate surface area is 95.9 Å². The maximum absolute atomic E-state index is 11.6. The quantitative estimate of drug-likeness (QED) is 0.393. The molecule has 0 fully saturated rings. The molecule has 3 N–H and O–H groups in total. The van der Waals surface area contributed by atoms with Crippen molar-refractivity contribution in [3.05, 3.63) is 24.3 Å². The van der Waals surface area contributed by atoms with Gasteiger partial charge in [0.05, 0.1) is 0 Å². The molecule has 0 aromatic carbocycles. The van der Waals surface area contributed by atoms with Crippen molar-refractivity contribution in [2.75, 3.05) is 0 Å². The molecule has 0 heterocycles. The zero-order valence-corrected chi connectivity index (χ0v) is 10.8. The predicted molar refractivity (Wildman–Crippen MR) is 56.6 cm³/mol. The Kier molecular flexibility index (Phi) is 3.80. The van der Waals surface area contributed by atoms with Crippen molar-refractivity contribution in [2.45, 2.75) is 24.1 Å². The average molecular weight is 291 g/mol. The van der Waals surface area contributed by atoms with E-state index in [0.29, 0.717) is 0 Å². The summed E-state index contributed by atoms with van der Waals surface area (Å²) in [6, 6.07) is 0. The van der Waals surface area contributed by atoms with Crippen LogP contribution in [0.15, 0.2) is 24.3 Å². The second kappa shape index (κ2) is 4.59. The van der Waals surface area contributed by atoms with Gasteiger partial charge in [-0.15, -0.1) is 0 Å². The Hall–Kier alpha value is -0.812. The summed E-state index contributed by atoms with van der Waals surface area (Å²) in [7, 11) is 0. The molecule has 1 rings (SSSR count). The van der Waals surface area contributed by atoms with Crippen LogP contribution in [0.3, 0.4) is 0 Å². The van der Waals surface area contributed by atoms with Crippen molar-refractivity contribution in [3.8, 4) is 0 Å². The summed E-state index contributed by atoms with van der Waals surface area (Å²) in [5.41, 5.74) is -1.03. The van der Waals surface area contributed by atoms with Crippen molar-refractivity contribution < 1.29 is 21.8 Å². The van der Waals surface area contributed by atoms with E-state index in [0.717, 1.165) is 0 Å². The fraction of sp³-hybridized carbons (Fsp3) is 0.444. The third-order valence-corrected chi connectivity index (χ3v) is 5.83. The molecule has 0 saturated carbocycles. The van der Waals surface area contributed by atoms with Crippen molar-refractivity contribution >= 4 is 20.1 Å². The van der Waals surface area contributed by atoms with Gasteiger partial charge in [-0.1, -0.05) is 0 Å². The Morgan fingerprint density at radius 3 is 2.69 bits per heavy atom. The monoisotopic (exact) mass is 291 g/mol. The zero-order valence-electron chi connectivity index (χ0n) is 8.95. The summed E-state index contributed by atoms with van der Waals surface area (Å²) in [4.78, 5) is 11.0. The topological polar surface area (TPSA) is 95.9 Å². The minimum absolute atomic E-state index is 0.333. The molecule has 1 aliphatic carbocycles. The molecule has 0 aromatic rings. The molecule has 16 heavy (non-hydrogen) atoms. The van der Waals surface area contributed by atoms with Crippen LogP contribution in [0.4, 0.5) is 0 Å². The molecule has 0 aliphatic heterocycles. The van der Waals surface area contributed by atoms with Gasteiger partial charge in [0.25, 0.3) is 0 Å². The van der Waals surface area contributed by atoms with E-state index in [9.17, 15) is 12.6 Å². The third-order valence-electron chi connectivity index (χ3n) is 2.38. The summed E-state index contributed by atoms with van der Waals surface area (Å²) in [5.74, 6) is -0.333. The van der Waals surface area contributed by atoms with Gasteiger partial charge in [-0.3, -0.25) is 0 Å². The van der Waals surface area contributed by atoms with Crippen LogP contribution in [0, 0.1) is 0 Å². The van der Waals surface area contributed by atoms with Crippen LogP contribution in [-0.4, -0.2) is 35.0 Å². The van der Waals surface area contributed by atoms with E-state index < -0.39 is 24.4 Å². The molecule has 7 heteroatoms. The van der Waals surface area contributed by atoms with Crippen LogP contribution >= 0.6 is 0 Å². The average Bonchev–Trinajstić information content (AvgIpc) is 2.16. The van der Waals surface area contributed by atoms with Crippen LogP contribution in [0.25, 0.3) is 0 Å². The molecule has 0 saturated heterocycles. The normalized spacial score (nSPS) is 32.1. The summed E-state index contributed by atoms with van der Waals surface area (Å²) in [5, 5.41) is 11.0. The molecule has 90 valence electrons. The fourth-order valence-electron chi connectivity index (χ4n) is 1.72. The van der Waals surface area contributed by atoms with Crippen LogP contribution in [-0.2, 0) is 12.4 Å². The molecule has 0 spiro atoms. The zero-order chi connectivity index (χ0) is 12.4. The molecule has 1 amide bonds. The van der Waals surface area contributed by atoms with E-state index in [1.54, 1.807) is 25.2 Å². The first kappa shape index (κ1) is 13.3. The molecule has 0 bridgehead atoms. The summed E-state index contributed by atoms with van der Waals surface area (Å²) >= 11 is -4.88. The van der Waals surface area contributed by atoms with E-state index in [1.807, 2.05) is 0 Å². The number of carbonyl (C=O) groups is 1. The van der Waals surface area contributed by atoms with E-state index in [1.165, 1.54) is 13.0 Å². The molecule has 6 nitrogen and oxygen atoms in total. The molecular formula is C9H14AsNO5. The Morgan fingerprint density at radius 1 is 1.56 bits per heavy atom. The number of nitrogens with one attached hydrogen (secondary N) is 1. The van der Waals surface area contributed by atoms with Gasteiger partial charge in [-0.05, 0) is 0 Å². The summed E-state index contributed by atoms with van der Waals surface area (Å²) in [6.45, 7) is 2.89. The number of allylic oxidation sites excluding steroid dienone is 2. The predicted octanol–water partition coefficient (Wildman–Crippen LogP) is 0.229. The van der Waals surface area contributed by atoms with Crippen molar-refractivity contribution in [1.82, 2.24) is 5.32 Å². The van der Waals surface area contributed by atoms with Crippen LogP contribution in [0.5, 0.6) is 0 Å². The minimum atomic E-state index is -4.88. The number of hydrogen-bond donors (Lipinski definition) is 3. The van der Waals surface area contributed by atoms with Crippen molar-refractivity contribution in [2.24, 2.45) is 0 Å². The molecular weight excluding hydrogens is 277 g/mol. The van der Waals surface area contributed by atoms with Crippen LogP contribution in [0.1, 0.15) is 13.8 Å². The van der Waals surface area contributed by atoms with Gasteiger partial charge in [-0.2, -0.15) is 0 Å². The van der Waals surface area contributed by atoms with Gasteiger partial charge >= 0.3 is 95.6 Å². The van der Waals surface area contributed by atoms with E-state index in [4.69, 9.17) is 5.26 Å². The first-order chi connectivity index (χ1) is 7.32. The van der Waals surface area contributed by atoms with E-state index >= 15 is 0 Å². The second-order valence-corrected chi connectivity index (χ2v) is 7.68. The maximum atomic E-state index is 11.6.